The van der Waals surface area contributed by atoms with E-state index in [0.29, 0.717) is 0 Å². The first-order valence-electron chi connectivity index (χ1n) is 4.22. The first kappa shape index (κ1) is 11.5. The molecule has 0 N–H and O–H groups in total. The van der Waals surface area contributed by atoms with E-state index in [0.717, 1.165) is 0 Å². The zero-order valence-corrected chi connectivity index (χ0v) is 11.5. The van der Waals surface area contributed by atoms with Gasteiger partial charge in [-0.25, -0.2) is 0 Å². The van der Waals surface area contributed by atoms with Crippen LogP contribution in [-0.4, -0.2) is 0 Å². The number of rotatable bonds is 1. The summed E-state index contributed by atoms with van der Waals surface area (Å²) in [6, 6.07) is 2.13. The fourth-order valence-corrected chi connectivity index (χ4v) is 3.01. The van der Waals surface area contributed by atoms with E-state index in [1.165, 1.54) is 14.2 Å². The summed E-state index contributed by atoms with van der Waals surface area (Å²) in [5.74, 6) is 0. The molecule has 1 atom stereocenters. The molecule has 74 valence electrons. The molecule has 3 heteroatoms. The molecule has 0 nitrogen and oxygen atoms in total. The summed E-state index contributed by atoms with van der Waals surface area (Å²) in [7, 11) is 0. The standard InChI is InChI=1S/C10H14BrClS/c1-6-7(11)5-8(13-6)9(12)10(2,3)4/h5,9H,1-4H3. The normalized spacial score (nSPS) is 14.6. The lowest BCUT2D eigenvalue weighted by Crippen LogP contribution is -2.11. The molecule has 1 unspecified atom stereocenters. The Labute approximate surface area is 97.4 Å². The lowest BCUT2D eigenvalue weighted by molar-refractivity contribution is 0.399. The van der Waals surface area contributed by atoms with Crippen molar-refractivity contribution in [3.05, 3.63) is 20.3 Å². The van der Waals surface area contributed by atoms with Crippen LogP contribution in [0.3, 0.4) is 0 Å². The minimum atomic E-state index is 0.0995. The van der Waals surface area contributed by atoms with E-state index in [9.17, 15) is 0 Å². The average Bonchev–Trinajstić information content (AvgIpc) is 2.29. The Hall–Kier alpha value is 0.470. The van der Waals surface area contributed by atoms with Crippen molar-refractivity contribution in [3.63, 3.8) is 0 Å². The van der Waals surface area contributed by atoms with Crippen LogP contribution in [0, 0.1) is 12.3 Å². The highest BCUT2D eigenvalue weighted by molar-refractivity contribution is 9.10. The number of halogens is 2. The molecule has 0 radical (unpaired) electrons. The minimum Gasteiger partial charge on any atom is -0.143 e. The molecular formula is C10H14BrClS. The Bertz CT molecular complexity index is 279. The van der Waals surface area contributed by atoms with Crippen LogP contribution in [-0.2, 0) is 0 Å². The van der Waals surface area contributed by atoms with Crippen LogP contribution in [0.1, 0.15) is 35.9 Å². The molecule has 0 aliphatic rings. The summed E-state index contributed by atoms with van der Waals surface area (Å²) >= 11 is 11.6. The first-order chi connectivity index (χ1) is 5.82. The third kappa shape index (κ3) is 2.71. The first-order valence-corrected chi connectivity index (χ1v) is 6.27. The Morgan fingerprint density at radius 2 is 2.00 bits per heavy atom. The van der Waals surface area contributed by atoms with Crippen molar-refractivity contribution in [2.45, 2.75) is 33.1 Å². The zero-order valence-electron chi connectivity index (χ0n) is 8.32. The number of hydrogen-bond donors (Lipinski definition) is 0. The van der Waals surface area contributed by atoms with Crippen LogP contribution >= 0.6 is 38.9 Å². The van der Waals surface area contributed by atoms with Gasteiger partial charge in [-0.15, -0.1) is 22.9 Å². The van der Waals surface area contributed by atoms with Crippen molar-refractivity contribution < 1.29 is 0 Å². The van der Waals surface area contributed by atoms with E-state index < -0.39 is 0 Å². The van der Waals surface area contributed by atoms with Crippen LogP contribution in [0.2, 0.25) is 0 Å². The third-order valence-electron chi connectivity index (χ3n) is 1.89. The highest BCUT2D eigenvalue weighted by Crippen LogP contribution is 2.43. The summed E-state index contributed by atoms with van der Waals surface area (Å²) in [4.78, 5) is 2.54. The molecule has 0 amide bonds. The van der Waals surface area contributed by atoms with Crippen molar-refractivity contribution in [3.8, 4) is 0 Å². The van der Waals surface area contributed by atoms with E-state index in [1.54, 1.807) is 11.3 Å². The minimum absolute atomic E-state index is 0.0995. The van der Waals surface area contributed by atoms with Gasteiger partial charge in [-0.05, 0) is 34.3 Å². The van der Waals surface area contributed by atoms with Crippen molar-refractivity contribution in [2.75, 3.05) is 0 Å². The van der Waals surface area contributed by atoms with Gasteiger partial charge >= 0.3 is 0 Å². The van der Waals surface area contributed by atoms with Crippen LogP contribution in [0.15, 0.2) is 10.5 Å². The molecule has 0 fully saturated rings. The predicted octanol–water partition coefficient (Wildman–Crippen LogP) is 5.15. The van der Waals surface area contributed by atoms with E-state index in [-0.39, 0.29) is 10.8 Å². The highest BCUT2D eigenvalue weighted by Gasteiger charge is 2.25. The lowest BCUT2D eigenvalue weighted by atomic mass is 9.91. The summed E-state index contributed by atoms with van der Waals surface area (Å²) in [5, 5.41) is 0.0995. The number of thiophene rings is 1. The van der Waals surface area contributed by atoms with E-state index in [2.05, 4.69) is 49.7 Å². The monoisotopic (exact) mass is 280 g/mol. The average molecular weight is 282 g/mol. The van der Waals surface area contributed by atoms with Gasteiger partial charge in [0.25, 0.3) is 0 Å². The van der Waals surface area contributed by atoms with Crippen LogP contribution in [0.25, 0.3) is 0 Å². The van der Waals surface area contributed by atoms with Gasteiger partial charge in [-0.3, -0.25) is 0 Å². The molecular weight excluding hydrogens is 268 g/mol. The number of hydrogen-bond acceptors (Lipinski definition) is 1. The fraction of sp³-hybridized carbons (Fsp3) is 0.600. The maximum absolute atomic E-state index is 6.36. The van der Waals surface area contributed by atoms with Gasteiger partial charge in [-0.2, -0.15) is 0 Å². The van der Waals surface area contributed by atoms with Gasteiger partial charge in [0.2, 0.25) is 0 Å². The summed E-state index contributed by atoms with van der Waals surface area (Å²) in [6.45, 7) is 8.58. The second kappa shape index (κ2) is 3.92. The maximum atomic E-state index is 6.36. The highest BCUT2D eigenvalue weighted by atomic mass is 79.9. The summed E-state index contributed by atoms with van der Waals surface area (Å²) < 4.78 is 1.17. The van der Waals surface area contributed by atoms with Gasteiger partial charge in [0.05, 0.1) is 5.38 Å². The topological polar surface area (TPSA) is 0 Å². The van der Waals surface area contributed by atoms with Gasteiger partial charge in [0, 0.05) is 14.2 Å². The van der Waals surface area contributed by atoms with Crippen LogP contribution in [0.5, 0.6) is 0 Å². The van der Waals surface area contributed by atoms with Gasteiger partial charge in [-0.1, -0.05) is 20.8 Å². The molecule has 0 saturated heterocycles. The summed E-state index contributed by atoms with van der Waals surface area (Å²) in [5.41, 5.74) is 0.123. The van der Waals surface area contributed by atoms with Crippen molar-refractivity contribution in [2.24, 2.45) is 5.41 Å². The molecule has 1 heterocycles. The molecule has 1 aromatic rings. The molecule has 0 aliphatic heterocycles. The maximum Gasteiger partial charge on any atom is 0.0727 e. The van der Waals surface area contributed by atoms with Crippen molar-refractivity contribution in [1.29, 1.82) is 0 Å². The summed E-state index contributed by atoms with van der Waals surface area (Å²) in [6.07, 6.45) is 0. The Balaban J connectivity index is 2.96. The molecule has 0 aliphatic carbocycles. The molecule has 1 aromatic heterocycles. The second-order valence-electron chi connectivity index (χ2n) is 4.28. The van der Waals surface area contributed by atoms with E-state index >= 15 is 0 Å². The molecule has 0 aromatic carbocycles. The Morgan fingerprint density at radius 1 is 1.46 bits per heavy atom. The second-order valence-corrected chi connectivity index (χ2v) is 6.86. The van der Waals surface area contributed by atoms with Gasteiger partial charge in [0.1, 0.15) is 0 Å². The largest absolute Gasteiger partial charge is 0.143 e. The molecule has 1 rings (SSSR count). The zero-order chi connectivity index (χ0) is 10.2. The van der Waals surface area contributed by atoms with Crippen LogP contribution in [0.4, 0.5) is 0 Å². The quantitative estimate of drug-likeness (QED) is 0.625. The fourth-order valence-electron chi connectivity index (χ4n) is 1.03. The van der Waals surface area contributed by atoms with Crippen LogP contribution < -0.4 is 0 Å². The third-order valence-corrected chi connectivity index (χ3v) is 5.11. The number of alkyl halides is 1. The van der Waals surface area contributed by atoms with E-state index in [1.807, 2.05) is 0 Å². The Kier molecular flexibility index (Phi) is 3.48. The van der Waals surface area contributed by atoms with E-state index in [4.69, 9.17) is 11.6 Å². The van der Waals surface area contributed by atoms with Gasteiger partial charge in [0.15, 0.2) is 0 Å². The lowest BCUT2D eigenvalue weighted by Gasteiger charge is -2.23. The van der Waals surface area contributed by atoms with Gasteiger partial charge < -0.3 is 0 Å². The van der Waals surface area contributed by atoms with Crippen molar-refractivity contribution >= 4 is 38.9 Å². The molecule has 0 bridgehead atoms. The smallest absolute Gasteiger partial charge is 0.0727 e. The molecule has 0 saturated carbocycles. The van der Waals surface area contributed by atoms with Crippen molar-refractivity contribution in [1.82, 2.24) is 0 Å². The molecule has 0 spiro atoms. The predicted molar refractivity (Wildman–Crippen MR) is 64.8 cm³/mol. The Morgan fingerprint density at radius 3 is 2.31 bits per heavy atom. The number of aryl methyl sites for hydroxylation is 1. The SMILES string of the molecule is Cc1sc(C(Cl)C(C)(C)C)cc1Br. The molecule has 13 heavy (non-hydrogen) atoms.